The lowest BCUT2D eigenvalue weighted by molar-refractivity contribution is 0.199. The van der Waals surface area contributed by atoms with E-state index in [0.717, 1.165) is 37.4 Å². The fourth-order valence-electron chi connectivity index (χ4n) is 2.29. The first-order valence-electron chi connectivity index (χ1n) is 6.27. The molecule has 0 bridgehead atoms. The van der Waals surface area contributed by atoms with Crippen LogP contribution in [-0.4, -0.2) is 43.2 Å². The topological polar surface area (TPSA) is 50.5 Å². The summed E-state index contributed by atoms with van der Waals surface area (Å²) in [4.78, 5) is 4.54. The van der Waals surface area contributed by atoms with Crippen LogP contribution >= 0.6 is 0 Å². The molecule has 1 aliphatic heterocycles. The van der Waals surface area contributed by atoms with Gasteiger partial charge in [0.05, 0.1) is 17.7 Å². The summed E-state index contributed by atoms with van der Waals surface area (Å²) in [5.74, 6) is 0. The van der Waals surface area contributed by atoms with Crippen molar-refractivity contribution in [2.75, 3.05) is 38.1 Å². The number of hydrogen-bond donors (Lipinski definition) is 1. The molecule has 0 aromatic heterocycles. The van der Waals surface area contributed by atoms with E-state index >= 15 is 0 Å². The fourth-order valence-corrected chi connectivity index (χ4v) is 2.29. The third kappa shape index (κ3) is 2.63. The standard InChI is InChI=1S/C14H19N3O/c1-11(18)13-4-3-12(10-15)9-14(13)17-7-5-16(2)6-8-17/h3-4,9,11,18H,5-8H2,1-2H3/t11-/m1/s1. The highest BCUT2D eigenvalue weighted by Crippen LogP contribution is 2.28. The van der Waals surface area contributed by atoms with Gasteiger partial charge in [-0.15, -0.1) is 0 Å². The molecule has 0 unspecified atom stereocenters. The zero-order chi connectivity index (χ0) is 13.1. The Labute approximate surface area is 108 Å². The molecule has 0 saturated carbocycles. The lowest BCUT2D eigenvalue weighted by Gasteiger charge is -2.35. The van der Waals surface area contributed by atoms with Crippen LogP contribution in [0.5, 0.6) is 0 Å². The van der Waals surface area contributed by atoms with Gasteiger partial charge in [0.2, 0.25) is 0 Å². The van der Waals surface area contributed by atoms with Gasteiger partial charge in [-0.05, 0) is 26.1 Å². The Kier molecular flexibility index (Phi) is 3.85. The van der Waals surface area contributed by atoms with Gasteiger partial charge in [0.25, 0.3) is 0 Å². The number of anilines is 1. The molecule has 1 aromatic carbocycles. The predicted octanol–water partition coefficient (Wildman–Crippen LogP) is 1.36. The Morgan fingerprint density at radius 1 is 1.28 bits per heavy atom. The molecule has 0 aliphatic carbocycles. The van der Waals surface area contributed by atoms with Crippen LogP contribution in [-0.2, 0) is 0 Å². The van der Waals surface area contributed by atoms with E-state index in [1.54, 1.807) is 13.0 Å². The van der Waals surface area contributed by atoms with Crippen LogP contribution in [0.3, 0.4) is 0 Å². The molecule has 96 valence electrons. The van der Waals surface area contributed by atoms with Gasteiger partial charge in [-0.1, -0.05) is 6.07 Å². The third-order valence-corrected chi connectivity index (χ3v) is 3.45. The van der Waals surface area contributed by atoms with Crippen LogP contribution in [0.2, 0.25) is 0 Å². The molecule has 2 rings (SSSR count). The minimum absolute atomic E-state index is 0.507. The van der Waals surface area contributed by atoms with Crippen molar-refractivity contribution in [3.05, 3.63) is 29.3 Å². The molecule has 0 radical (unpaired) electrons. The number of benzene rings is 1. The molecule has 4 nitrogen and oxygen atoms in total. The molecule has 0 spiro atoms. The molecule has 1 aromatic rings. The predicted molar refractivity (Wildman–Crippen MR) is 71.5 cm³/mol. The Hall–Kier alpha value is -1.57. The molecule has 1 aliphatic rings. The van der Waals surface area contributed by atoms with Gasteiger partial charge in [-0.25, -0.2) is 0 Å². The first kappa shape index (κ1) is 12.9. The quantitative estimate of drug-likeness (QED) is 0.855. The van der Waals surface area contributed by atoms with Crippen LogP contribution in [0, 0.1) is 11.3 Å². The Morgan fingerprint density at radius 2 is 1.94 bits per heavy atom. The van der Waals surface area contributed by atoms with Gasteiger partial charge in [0.15, 0.2) is 0 Å². The van der Waals surface area contributed by atoms with Crippen molar-refractivity contribution in [2.45, 2.75) is 13.0 Å². The lowest BCUT2D eigenvalue weighted by atomic mass is 10.0. The van der Waals surface area contributed by atoms with Gasteiger partial charge in [-0.2, -0.15) is 5.26 Å². The summed E-state index contributed by atoms with van der Waals surface area (Å²) in [6.45, 7) is 5.66. The summed E-state index contributed by atoms with van der Waals surface area (Å²) in [6.07, 6.45) is -0.507. The normalized spacial score (nSPS) is 18.4. The number of aliphatic hydroxyl groups excluding tert-OH is 1. The van der Waals surface area contributed by atoms with Crippen LogP contribution in [0.1, 0.15) is 24.2 Å². The molecule has 1 fully saturated rings. The van der Waals surface area contributed by atoms with Crippen LogP contribution < -0.4 is 4.90 Å². The Morgan fingerprint density at radius 3 is 2.50 bits per heavy atom. The summed E-state index contributed by atoms with van der Waals surface area (Å²) < 4.78 is 0. The van der Waals surface area contributed by atoms with Crippen LogP contribution in [0.25, 0.3) is 0 Å². The van der Waals surface area contributed by atoms with Crippen LogP contribution in [0.4, 0.5) is 5.69 Å². The smallest absolute Gasteiger partial charge is 0.0992 e. The maximum atomic E-state index is 9.83. The van der Waals surface area contributed by atoms with E-state index < -0.39 is 6.10 Å². The highest BCUT2D eigenvalue weighted by Gasteiger charge is 2.19. The largest absolute Gasteiger partial charge is 0.389 e. The number of aliphatic hydroxyl groups is 1. The zero-order valence-corrected chi connectivity index (χ0v) is 10.9. The van der Waals surface area contributed by atoms with E-state index in [1.807, 2.05) is 12.1 Å². The molecular weight excluding hydrogens is 226 g/mol. The highest BCUT2D eigenvalue weighted by atomic mass is 16.3. The van der Waals surface area contributed by atoms with E-state index in [1.165, 1.54) is 0 Å². The number of piperazine rings is 1. The molecule has 18 heavy (non-hydrogen) atoms. The summed E-state index contributed by atoms with van der Waals surface area (Å²) in [6, 6.07) is 7.67. The molecule has 1 heterocycles. The number of rotatable bonds is 2. The van der Waals surface area contributed by atoms with Gasteiger partial charge >= 0.3 is 0 Å². The Bertz CT molecular complexity index is 457. The van der Waals surface area contributed by atoms with E-state index in [2.05, 4.69) is 22.9 Å². The summed E-state index contributed by atoms with van der Waals surface area (Å²) in [5, 5.41) is 18.8. The van der Waals surface area contributed by atoms with Crippen molar-refractivity contribution in [1.29, 1.82) is 5.26 Å². The van der Waals surface area contributed by atoms with Crippen molar-refractivity contribution in [1.82, 2.24) is 4.90 Å². The molecule has 1 N–H and O–H groups in total. The average molecular weight is 245 g/mol. The van der Waals surface area contributed by atoms with E-state index in [4.69, 9.17) is 5.26 Å². The van der Waals surface area contributed by atoms with Crippen molar-refractivity contribution in [3.63, 3.8) is 0 Å². The molecule has 1 atom stereocenters. The summed E-state index contributed by atoms with van der Waals surface area (Å²) in [7, 11) is 2.11. The van der Waals surface area contributed by atoms with Crippen molar-refractivity contribution >= 4 is 5.69 Å². The number of nitrogens with zero attached hydrogens (tertiary/aromatic N) is 3. The molecule has 0 amide bonds. The third-order valence-electron chi connectivity index (χ3n) is 3.45. The molecule has 1 saturated heterocycles. The van der Waals surface area contributed by atoms with Gasteiger partial charge < -0.3 is 14.9 Å². The van der Waals surface area contributed by atoms with E-state index in [0.29, 0.717) is 5.56 Å². The summed E-state index contributed by atoms with van der Waals surface area (Å²) in [5.41, 5.74) is 2.55. The Balaban J connectivity index is 2.32. The molecule has 4 heteroatoms. The second kappa shape index (κ2) is 5.38. The summed E-state index contributed by atoms with van der Waals surface area (Å²) >= 11 is 0. The lowest BCUT2D eigenvalue weighted by Crippen LogP contribution is -2.44. The van der Waals surface area contributed by atoms with Crippen LogP contribution in [0.15, 0.2) is 18.2 Å². The van der Waals surface area contributed by atoms with Crippen molar-refractivity contribution < 1.29 is 5.11 Å². The van der Waals surface area contributed by atoms with E-state index in [9.17, 15) is 5.11 Å². The first-order chi connectivity index (χ1) is 8.61. The molecular formula is C14H19N3O. The average Bonchev–Trinajstić information content (AvgIpc) is 2.38. The minimum atomic E-state index is -0.507. The second-order valence-corrected chi connectivity index (χ2v) is 4.85. The van der Waals surface area contributed by atoms with Gasteiger partial charge in [0, 0.05) is 37.4 Å². The van der Waals surface area contributed by atoms with Gasteiger partial charge in [0.1, 0.15) is 0 Å². The number of likely N-dealkylation sites (N-methyl/N-ethyl adjacent to an activating group) is 1. The van der Waals surface area contributed by atoms with Crippen molar-refractivity contribution in [2.24, 2.45) is 0 Å². The number of hydrogen-bond acceptors (Lipinski definition) is 4. The zero-order valence-electron chi connectivity index (χ0n) is 10.9. The number of nitriles is 1. The maximum absolute atomic E-state index is 9.83. The minimum Gasteiger partial charge on any atom is -0.389 e. The fraction of sp³-hybridized carbons (Fsp3) is 0.500. The highest BCUT2D eigenvalue weighted by molar-refractivity contribution is 5.58. The van der Waals surface area contributed by atoms with E-state index in [-0.39, 0.29) is 0 Å². The van der Waals surface area contributed by atoms with Gasteiger partial charge in [-0.3, -0.25) is 0 Å². The monoisotopic (exact) mass is 245 g/mol. The second-order valence-electron chi connectivity index (χ2n) is 4.85. The SMILES string of the molecule is C[C@@H](O)c1ccc(C#N)cc1N1CCN(C)CC1. The first-order valence-corrected chi connectivity index (χ1v) is 6.27. The maximum Gasteiger partial charge on any atom is 0.0992 e. The van der Waals surface area contributed by atoms with Crippen molar-refractivity contribution in [3.8, 4) is 6.07 Å².